The number of aryl methyl sites for hydroxylation is 1. The van der Waals surface area contributed by atoms with E-state index in [1.54, 1.807) is 20.8 Å². The van der Waals surface area contributed by atoms with Crippen molar-refractivity contribution in [3.05, 3.63) is 41.7 Å². The van der Waals surface area contributed by atoms with Crippen molar-refractivity contribution >= 4 is 26.9 Å². The van der Waals surface area contributed by atoms with Gasteiger partial charge in [-0.05, 0) is 63.1 Å². The third-order valence-electron chi connectivity index (χ3n) is 4.02. The number of fused-ring (bicyclic) bond motifs is 1. The number of alkyl halides is 3. The Bertz CT molecular complexity index is 1020. The molecule has 2 aromatic rings. The molecule has 0 atom stereocenters. The van der Waals surface area contributed by atoms with Gasteiger partial charge in [-0.1, -0.05) is 18.2 Å². The van der Waals surface area contributed by atoms with Crippen molar-refractivity contribution in [1.82, 2.24) is 0 Å². The number of halogens is 4. The fraction of sp³-hybridized carbons (Fsp3) is 0.450. The summed E-state index contributed by atoms with van der Waals surface area (Å²) in [5.41, 5.74) is -6.23. The predicted octanol–water partition coefficient (Wildman–Crippen LogP) is 5.26. The number of benzene rings is 2. The average Bonchev–Trinajstić information content (AvgIpc) is 2.57. The molecular formula is C20H22F4O5S. The van der Waals surface area contributed by atoms with Crippen LogP contribution in [-0.4, -0.2) is 25.5 Å². The van der Waals surface area contributed by atoms with Crippen LogP contribution in [0.5, 0.6) is 5.75 Å². The first-order valence-electron chi connectivity index (χ1n) is 9.14. The number of ether oxygens (including phenoxy) is 1. The Balaban J connectivity index is 2.26. The van der Waals surface area contributed by atoms with Crippen LogP contribution in [0, 0.1) is 5.82 Å². The van der Waals surface area contributed by atoms with E-state index < -0.39 is 38.8 Å². The van der Waals surface area contributed by atoms with Crippen LogP contribution in [-0.2, 0) is 26.1 Å². The van der Waals surface area contributed by atoms with E-state index >= 15 is 0 Å². The summed E-state index contributed by atoms with van der Waals surface area (Å²) < 4.78 is 84.9. The van der Waals surface area contributed by atoms with Crippen LogP contribution in [0.3, 0.4) is 0 Å². The minimum Gasteiger partial charge on any atom is -0.460 e. The van der Waals surface area contributed by atoms with Crippen molar-refractivity contribution in [2.75, 3.05) is 0 Å². The first-order valence-corrected chi connectivity index (χ1v) is 10.5. The Morgan fingerprint density at radius 1 is 1.03 bits per heavy atom. The third-order valence-corrected chi connectivity index (χ3v) is 4.98. The summed E-state index contributed by atoms with van der Waals surface area (Å²) in [6.07, 6.45) is 0.845. The molecule has 0 saturated carbocycles. The third kappa shape index (κ3) is 6.07. The Morgan fingerprint density at radius 2 is 1.70 bits per heavy atom. The van der Waals surface area contributed by atoms with E-state index in [2.05, 4.69) is 4.18 Å². The molecule has 0 aliphatic carbocycles. The van der Waals surface area contributed by atoms with E-state index in [0.717, 1.165) is 12.1 Å². The van der Waals surface area contributed by atoms with Gasteiger partial charge in [0, 0.05) is 11.8 Å². The summed E-state index contributed by atoms with van der Waals surface area (Å²) in [7, 11) is -5.91. The topological polar surface area (TPSA) is 69.7 Å². The van der Waals surface area contributed by atoms with Crippen molar-refractivity contribution in [3.63, 3.8) is 0 Å². The van der Waals surface area contributed by atoms with E-state index in [-0.39, 0.29) is 23.8 Å². The zero-order chi connectivity index (χ0) is 22.7. The molecule has 0 saturated heterocycles. The lowest BCUT2D eigenvalue weighted by molar-refractivity contribution is -0.154. The largest absolute Gasteiger partial charge is 0.534 e. The van der Waals surface area contributed by atoms with Gasteiger partial charge in [0.25, 0.3) is 0 Å². The molecule has 2 rings (SSSR count). The van der Waals surface area contributed by atoms with Gasteiger partial charge >= 0.3 is 21.6 Å². The SMILES string of the molecule is CC(C)(C)OC(=O)CCCCc1c(F)ccc2cccc(OS(=O)(=O)C(F)(F)F)c12. The molecule has 166 valence electrons. The van der Waals surface area contributed by atoms with E-state index in [1.165, 1.54) is 18.2 Å². The molecule has 0 heterocycles. The maximum Gasteiger partial charge on any atom is 0.534 e. The van der Waals surface area contributed by atoms with E-state index in [4.69, 9.17) is 4.74 Å². The molecule has 0 unspecified atom stereocenters. The molecule has 30 heavy (non-hydrogen) atoms. The standard InChI is InChI=1S/C20H22F4O5S/c1-19(2,3)28-17(25)10-5-4-8-14-15(21)12-11-13-7-6-9-16(18(13)14)29-30(26,27)20(22,23)24/h6-7,9,11-12H,4-5,8,10H2,1-3H3. The molecule has 0 bridgehead atoms. The Labute approximate surface area is 172 Å². The molecule has 0 aromatic heterocycles. The first-order chi connectivity index (χ1) is 13.7. The molecule has 10 heteroatoms. The normalized spacial score (nSPS) is 12.8. The van der Waals surface area contributed by atoms with Crippen LogP contribution < -0.4 is 4.18 Å². The number of hydrogen-bond donors (Lipinski definition) is 0. The molecule has 0 amide bonds. The fourth-order valence-corrected chi connectivity index (χ4v) is 3.31. The molecule has 0 aliphatic heterocycles. The highest BCUT2D eigenvalue weighted by atomic mass is 32.2. The summed E-state index contributed by atoms with van der Waals surface area (Å²) in [6.45, 7) is 5.19. The fourth-order valence-electron chi connectivity index (χ4n) is 2.84. The smallest absolute Gasteiger partial charge is 0.460 e. The van der Waals surface area contributed by atoms with Gasteiger partial charge in [0.2, 0.25) is 0 Å². The van der Waals surface area contributed by atoms with Gasteiger partial charge in [0.05, 0.1) is 0 Å². The Kier molecular flexibility index (Phi) is 7.01. The van der Waals surface area contributed by atoms with Crippen molar-refractivity contribution in [2.24, 2.45) is 0 Å². The minimum atomic E-state index is -5.91. The first kappa shape index (κ1) is 23.9. The van der Waals surface area contributed by atoms with E-state index in [0.29, 0.717) is 18.2 Å². The maximum absolute atomic E-state index is 14.5. The zero-order valence-corrected chi connectivity index (χ0v) is 17.5. The van der Waals surface area contributed by atoms with Crippen LogP contribution >= 0.6 is 0 Å². The second-order valence-electron chi connectivity index (χ2n) is 7.66. The van der Waals surface area contributed by atoms with Gasteiger partial charge in [0.1, 0.15) is 11.4 Å². The second-order valence-corrected chi connectivity index (χ2v) is 9.19. The lowest BCUT2D eigenvalue weighted by Crippen LogP contribution is -2.28. The van der Waals surface area contributed by atoms with Crippen LogP contribution in [0.15, 0.2) is 30.3 Å². The Hall–Kier alpha value is -2.36. The molecule has 0 fully saturated rings. The van der Waals surface area contributed by atoms with Gasteiger partial charge in [-0.15, -0.1) is 0 Å². The summed E-state index contributed by atoms with van der Waals surface area (Å²) in [5.74, 6) is -1.73. The monoisotopic (exact) mass is 450 g/mol. The molecule has 0 N–H and O–H groups in total. The summed E-state index contributed by atoms with van der Waals surface area (Å²) >= 11 is 0. The molecule has 0 spiro atoms. The number of carbonyl (C=O) groups excluding carboxylic acids is 1. The highest BCUT2D eigenvalue weighted by Crippen LogP contribution is 2.35. The van der Waals surface area contributed by atoms with Gasteiger partial charge < -0.3 is 8.92 Å². The summed E-state index contributed by atoms with van der Waals surface area (Å²) in [4.78, 5) is 11.8. The van der Waals surface area contributed by atoms with E-state index in [1.807, 2.05) is 0 Å². The molecule has 2 aromatic carbocycles. The zero-order valence-electron chi connectivity index (χ0n) is 16.7. The number of rotatable bonds is 7. The van der Waals surface area contributed by atoms with Crippen LogP contribution in [0.4, 0.5) is 17.6 Å². The average molecular weight is 450 g/mol. The van der Waals surface area contributed by atoms with Crippen molar-refractivity contribution < 1.29 is 39.7 Å². The minimum absolute atomic E-state index is 0.0182. The van der Waals surface area contributed by atoms with Crippen molar-refractivity contribution in [3.8, 4) is 5.75 Å². The second kappa shape index (κ2) is 8.79. The lowest BCUT2D eigenvalue weighted by Gasteiger charge is -2.19. The van der Waals surface area contributed by atoms with Gasteiger partial charge in [0.15, 0.2) is 5.75 Å². The van der Waals surface area contributed by atoms with Crippen LogP contribution in [0.25, 0.3) is 10.8 Å². The summed E-state index contributed by atoms with van der Waals surface area (Å²) in [5, 5.41) is 0.274. The van der Waals surface area contributed by atoms with Crippen LogP contribution in [0.1, 0.15) is 45.6 Å². The number of esters is 1. The Morgan fingerprint density at radius 3 is 2.30 bits per heavy atom. The van der Waals surface area contributed by atoms with Gasteiger partial charge in [-0.2, -0.15) is 21.6 Å². The predicted molar refractivity (Wildman–Crippen MR) is 103 cm³/mol. The number of hydrogen-bond acceptors (Lipinski definition) is 5. The van der Waals surface area contributed by atoms with E-state index in [9.17, 15) is 30.8 Å². The maximum atomic E-state index is 14.5. The highest BCUT2D eigenvalue weighted by Gasteiger charge is 2.48. The summed E-state index contributed by atoms with van der Waals surface area (Å²) in [6, 6.07) is 6.32. The van der Waals surface area contributed by atoms with Gasteiger partial charge in [-0.3, -0.25) is 4.79 Å². The quantitative estimate of drug-likeness (QED) is 0.189. The van der Waals surface area contributed by atoms with Crippen LogP contribution in [0.2, 0.25) is 0 Å². The molecule has 0 radical (unpaired) electrons. The van der Waals surface area contributed by atoms with Gasteiger partial charge in [-0.25, -0.2) is 4.39 Å². The number of unbranched alkanes of at least 4 members (excludes halogenated alkanes) is 1. The molecule has 0 aliphatic rings. The van der Waals surface area contributed by atoms with Crippen molar-refractivity contribution in [1.29, 1.82) is 0 Å². The number of carbonyl (C=O) groups is 1. The lowest BCUT2D eigenvalue weighted by atomic mass is 9.98. The molecule has 5 nitrogen and oxygen atoms in total. The van der Waals surface area contributed by atoms with Crippen molar-refractivity contribution in [2.45, 2.75) is 57.6 Å². The highest BCUT2D eigenvalue weighted by molar-refractivity contribution is 7.88. The molecular weight excluding hydrogens is 428 g/mol.